The molecule has 0 unspecified atom stereocenters. The monoisotopic (exact) mass is 279 g/mol. The lowest BCUT2D eigenvalue weighted by molar-refractivity contribution is 0.179. The zero-order chi connectivity index (χ0) is 13.7. The lowest BCUT2D eigenvalue weighted by Gasteiger charge is -2.03. The molecule has 0 aliphatic heterocycles. The first kappa shape index (κ1) is 14.0. The first-order valence-electron chi connectivity index (χ1n) is 6.10. The summed E-state index contributed by atoms with van der Waals surface area (Å²) >= 11 is 1.48. The minimum atomic E-state index is -0.0124. The summed E-state index contributed by atoms with van der Waals surface area (Å²) in [4.78, 5) is 5.37. The van der Waals surface area contributed by atoms with Crippen LogP contribution >= 0.6 is 11.3 Å². The molecule has 0 saturated carbocycles. The van der Waals surface area contributed by atoms with E-state index in [1.54, 1.807) is 7.11 Å². The second-order valence-electron chi connectivity index (χ2n) is 3.94. The number of ether oxygens (including phenoxy) is 2. The molecule has 0 amide bonds. The van der Waals surface area contributed by atoms with Gasteiger partial charge in [-0.1, -0.05) is 12.1 Å². The molecule has 0 fully saturated rings. The van der Waals surface area contributed by atoms with Crippen LogP contribution in [0.15, 0.2) is 24.3 Å². The summed E-state index contributed by atoms with van der Waals surface area (Å²) in [6, 6.07) is 7.80. The predicted molar refractivity (Wildman–Crippen MR) is 75.4 cm³/mol. The molecule has 0 aliphatic carbocycles. The second-order valence-corrected chi connectivity index (χ2v) is 5.02. The van der Waals surface area contributed by atoms with E-state index < -0.39 is 0 Å². The molecule has 0 atom stereocenters. The second kappa shape index (κ2) is 6.65. The zero-order valence-corrected chi connectivity index (χ0v) is 11.9. The first-order chi connectivity index (χ1) is 9.28. The van der Waals surface area contributed by atoms with Crippen LogP contribution in [0.1, 0.15) is 17.5 Å². The van der Waals surface area contributed by atoms with Crippen LogP contribution in [-0.2, 0) is 18.0 Å². The van der Waals surface area contributed by atoms with E-state index in [-0.39, 0.29) is 6.61 Å². The highest BCUT2D eigenvalue weighted by molar-refractivity contribution is 7.15. The van der Waals surface area contributed by atoms with Gasteiger partial charge >= 0.3 is 0 Å². The van der Waals surface area contributed by atoms with Crippen LogP contribution in [0.4, 0.5) is 0 Å². The number of rotatable bonds is 6. The molecular weight excluding hydrogens is 262 g/mol. The van der Waals surface area contributed by atoms with Crippen molar-refractivity contribution < 1.29 is 14.6 Å². The first-order valence-corrected chi connectivity index (χ1v) is 6.91. The van der Waals surface area contributed by atoms with Crippen molar-refractivity contribution in [1.82, 2.24) is 4.98 Å². The van der Waals surface area contributed by atoms with E-state index in [1.807, 2.05) is 31.2 Å². The minimum absolute atomic E-state index is 0.0124. The molecule has 5 heteroatoms. The van der Waals surface area contributed by atoms with Gasteiger partial charge in [-0.25, -0.2) is 4.98 Å². The smallest absolute Gasteiger partial charge is 0.124 e. The van der Waals surface area contributed by atoms with Gasteiger partial charge in [0.1, 0.15) is 10.8 Å². The predicted octanol–water partition coefficient (Wildman–Crippen LogP) is 2.85. The summed E-state index contributed by atoms with van der Waals surface area (Å²) in [7, 11) is 1.62. The molecule has 0 spiro atoms. The molecule has 0 bridgehead atoms. The summed E-state index contributed by atoms with van der Waals surface area (Å²) in [5.41, 5.74) is 1.79. The Hall–Kier alpha value is -1.43. The Bertz CT molecular complexity index is 539. The number of methoxy groups -OCH3 is 1. The van der Waals surface area contributed by atoms with Crippen molar-refractivity contribution in [2.45, 2.75) is 20.1 Å². The maximum absolute atomic E-state index is 9.33. The summed E-state index contributed by atoms with van der Waals surface area (Å²) in [5.74, 6) is 0.828. The average molecular weight is 279 g/mol. The van der Waals surface area contributed by atoms with Crippen LogP contribution in [0, 0.1) is 0 Å². The minimum Gasteiger partial charge on any atom is -0.494 e. The Morgan fingerprint density at radius 3 is 2.89 bits per heavy atom. The molecule has 0 aliphatic rings. The van der Waals surface area contributed by atoms with Crippen LogP contribution in [0.3, 0.4) is 0 Å². The van der Waals surface area contributed by atoms with Gasteiger partial charge in [0.25, 0.3) is 0 Å². The number of aromatic nitrogens is 1. The average Bonchev–Trinajstić information content (AvgIpc) is 2.83. The maximum atomic E-state index is 9.33. The lowest BCUT2D eigenvalue weighted by atomic mass is 10.2. The molecule has 4 nitrogen and oxygen atoms in total. The fourth-order valence-corrected chi connectivity index (χ4v) is 2.69. The van der Waals surface area contributed by atoms with Crippen molar-refractivity contribution in [1.29, 1.82) is 0 Å². The van der Waals surface area contributed by atoms with Crippen LogP contribution in [0.25, 0.3) is 10.6 Å². The Labute approximate surface area is 116 Å². The fraction of sp³-hybridized carbons (Fsp3) is 0.357. The third-order valence-electron chi connectivity index (χ3n) is 2.59. The molecule has 1 N–H and O–H groups in total. The Morgan fingerprint density at radius 2 is 2.21 bits per heavy atom. The van der Waals surface area contributed by atoms with E-state index in [2.05, 4.69) is 4.98 Å². The van der Waals surface area contributed by atoms with Gasteiger partial charge in [0.05, 0.1) is 30.4 Å². The van der Waals surface area contributed by atoms with Crippen molar-refractivity contribution in [3.05, 3.63) is 34.8 Å². The highest BCUT2D eigenvalue weighted by atomic mass is 32.1. The fourth-order valence-electron chi connectivity index (χ4n) is 1.77. The van der Waals surface area contributed by atoms with E-state index in [9.17, 15) is 5.11 Å². The number of nitrogens with zero attached hydrogens (tertiary/aromatic N) is 1. The topological polar surface area (TPSA) is 51.6 Å². The van der Waals surface area contributed by atoms with Crippen molar-refractivity contribution in [3.63, 3.8) is 0 Å². The van der Waals surface area contributed by atoms with Crippen molar-refractivity contribution in [2.24, 2.45) is 0 Å². The molecule has 19 heavy (non-hydrogen) atoms. The third-order valence-corrected chi connectivity index (χ3v) is 3.73. The van der Waals surface area contributed by atoms with Crippen LogP contribution in [0.5, 0.6) is 5.75 Å². The van der Waals surface area contributed by atoms with Gasteiger partial charge in [0, 0.05) is 12.7 Å². The largest absolute Gasteiger partial charge is 0.494 e. The van der Waals surface area contributed by atoms with Gasteiger partial charge in [-0.15, -0.1) is 11.3 Å². The van der Waals surface area contributed by atoms with E-state index in [1.165, 1.54) is 11.3 Å². The number of aliphatic hydroxyl groups excluding tert-OH is 1. The van der Waals surface area contributed by atoms with Crippen molar-refractivity contribution >= 4 is 11.3 Å². The number of benzene rings is 1. The van der Waals surface area contributed by atoms with Crippen LogP contribution in [-0.4, -0.2) is 23.8 Å². The molecular formula is C14H17NO3S. The molecule has 2 rings (SSSR count). The van der Waals surface area contributed by atoms with Crippen molar-refractivity contribution in [3.8, 4) is 16.3 Å². The van der Waals surface area contributed by atoms with Gasteiger partial charge in [-0.3, -0.25) is 0 Å². The van der Waals surface area contributed by atoms with Crippen molar-refractivity contribution in [2.75, 3.05) is 13.7 Å². The maximum Gasteiger partial charge on any atom is 0.124 e. The van der Waals surface area contributed by atoms with E-state index in [0.29, 0.717) is 13.2 Å². The summed E-state index contributed by atoms with van der Waals surface area (Å²) in [6.07, 6.45) is 0. The molecule has 1 aromatic heterocycles. The quantitative estimate of drug-likeness (QED) is 0.883. The molecule has 2 aromatic rings. The lowest BCUT2D eigenvalue weighted by Crippen LogP contribution is -1.93. The highest BCUT2D eigenvalue weighted by Crippen LogP contribution is 2.30. The number of hydrogen-bond donors (Lipinski definition) is 1. The van der Waals surface area contributed by atoms with Gasteiger partial charge in [-0.2, -0.15) is 0 Å². The Morgan fingerprint density at radius 1 is 1.37 bits per heavy atom. The highest BCUT2D eigenvalue weighted by Gasteiger charge is 2.12. The van der Waals surface area contributed by atoms with E-state index in [4.69, 9.17) is 9.47 Å². The summed E-state index contributed by atoms with van der Waals surface area (Å²) in [6.45, 7) is 2.99. The molecule has 0 radical (unpaired) electrons. The van der Waals surface area contributed by atoms with Gasteiger partial charge in [0.2, 0.25) is 0 Å². The summed E-state index contributed by atoms with van der Waals surface area (Å²) < 4.78 is 10.6. The molecule has 1 aromatic carbocycles. The number of aliphatic hydroxyl groups is 1. The van der Waals surface area contributed by atoms with Gasteiger partial charge in [0.15, 0.2) is 0 Å². The standard InChI is InChI=1S/C14H17NO3S/c1-3-18-11-6-4-5-10(7-11)14-15-12(9-17-2)13(8-16)19-14/h4-7,16H,3,8-9H2,1-2H3. The molecule has 0 saturated heterocycles. The summed E-state index contributed by atoms with van der Waals surface area (Å²) in [5, 5.41) is 10.2. The normalized spacial score (nSPS) is 10.7. The van der Waals surface area contributed by atoms with Crippen LogP contribution < -0.4 is 4.74 Å². The van der Waals surface area contributed by atoms with Gasteiger partial charge < -0.3 is 14.6 Å². The number of thiazole rings is 1. The Balaban J connectivity index is 2.32. The molecule has 102 valence electrons. The number of hydrogen-bond acceptors (Lipinski definition) is 5. The van der Waals surface area contributed by atoms with E-state index in [0.717, 1.165) is 26.9 Å². The molecule has 1 heterocycles. The third kappa shape index (κ3) is 3.32. The SMILES string of the molecule is CCOc1cccc(-c2nc(COC)c(CO)s2)c1. The van der Waals surface area contributed by atoms with Gasteiger partial charge in [-0.05, 0) is 19.1 Å². The zero-order valence-electron chi connectivity index (χ0n) is 11.0. The van der Waals surface area contributed by atoms with E-state index >= 15 is 0 Å². The Kier molecular flexibility index (Phi) is 4.90. The van der Waals surface area contributed by atoms with Crippen LogP contribution in [0.2, 0.25) is 0 Å².